The number of carbonyl (C=O) groups is 3. The second-order valence-corrected chi connectivity index (χ2v) is 8.56. The van der Waals surface area contributed by atoms with Crippen molar-refractivity contribution in [3.8, 4) is 0 Å². The molecule has 9 heteroatoms. The zero-order valence-corrected chi connectivity index (χ0v) is 17.4. The first-order valence-electron chi connectivity index (χ1n) is 8.59. The number of halogens is 2. The number of anilines is 1. The smallest absolute Gasteiger partial charge is 0.293 e. The van der Waals surface area contributed by atoms with Crippen LogP contribution >= 0.6 is 27.3 Å². The largest absolute Gasteiger partial charge is 0.297 e. The molecule has 0 radical (unpaired) electrons. The second-order valence-electron chi connectivity index (χ2n) is 6.49. The highest BCUT2D eigenvalue weighted by Crippen LogP contribution is 2.42. The van der Waals surface area contributed by atoms with E-state index in [1.807, 2.05) is 0 Å². The summed E-state index contributed by atoms with van der Waals surface area (Å²) in [6.45, 7) is 1.74. The number of carbonyl (C=O) groups excluding carboxylic acids is 3. The van der Waals surface area contributed by atoms with Gasteiger partial charge in [0, 0.05) is 10.0 Å². The van der Waals surface area contributed by atoms with Crippen LogP contribution in [0.15, 0.2) is 53.0 Å². The molecule has 2 atom stereocenters. The van der Waals surface area contributed by atoms with Crippen molar-refractivity contribution < 1.29 is 18.8 Å². The molecule has 146 valence electrons. The molecule has 1 aliphatic rings. The average Bonchev–Trinajstić information content (AvgIpc) is 3.24. The lowest BCUT2D eigenvalue weighted by molar-refractivity contribution is -0.135. The maximum atomic E-state index is 13.3. The van der Waals surface area contributed by atoms with Crippen molar-refractivity contribution in [1.29, 1.82) is 0 Å². The van der Waals surface area contributed by atoms with Crippen molar-refractivity contribution in [2.45, 2.75) is 13.0 Å². The van der Waals surface area contributed by atoms with Crippen molar-refractivity contribution in [2.75, 3.05) is 4.90 Å². The van der Waals surface area contributed by atoms with E-state index in [4.69, 9.17) is 0 Å². The van der Waals surface area contributed by atoms with Gasteiger partial charge in [-0.15, -0.1) is 10.2 Å². The number of aromatic nitrogens is 2. The molecule has 1 saturated heterocycles. The van der Waals surface area contributed by atoms with Gasteiger partial charge < -0.3 is 0 Å². The number of benzene rings is 2. The van der Waals surface area contributed by atoms with Crippen LogP contribution in [0.4, 0.5) is 9.52 Å². The van der Waals surface area contributed by atoms with Gasteiger partial charge in [-0.3, -0.25) is 19.3 Å². The van der Waals surface area contributed by atoms with Crippen LogP contribution in [0, 0.1) is 18.7 Å². The Kier molecular flexibility index (Phi) is 5.10. The average molecular weight is 474 g/mol. The molecule has 0 aliphatic carbocycles. The summed E-state index contributed by atoms with van der Waals surface area (Å²) < 4.78 is 14.1. The van der Waals surface area contributed by atoms with Crippen LogP contribution in [0.3, 0.4) is 0 Å². The summed E-state index contributed by atoms with van der Waals surface area (Å²) in [5.74, 6) is -3.93. The fourth-order valence-corrected chi connectivity index (χ4v) is 4.30. The number of ketones is 2. The fourth-order valence-electron chi connectivity index (χ4n) is 3.32. The first-order chi connectivity index (χ1) is 13.9. The Labute approximate surface area is 177 Å². The highest BCUT2D eigenvalue weighted by molar-refractivity contribution is 9.10. The summed E-state index contributed by atoms with van der Waals surface area (Å²) >= 11 is 4.52. The first-order valence-corrected chi connectivity index (χ1v) is 10.2. The van der Waals surface area contributed by atoms with Crippen LogP contribution in [0.5, 0.6) is 0 Å². The molecule has 2 unspecified atom stereocenters. The molecule has 1 aromatic heterocycles. The van der Waals surface area contributed by atoms with Crippen LogP contribution in [-0.4, -0.2) is 27.7 Å². The van der Waals surface area contributed by atoms with E-state index < -0.39 is 35.3 Å². The minimum Gasteiger partial charge on any atom is -0.293 e. The van der Waals surface area contributed by atoms with Gasteiger partial charge in [-0.05, 0) is 48.9 Å². The van der Waals surface area contributed by atoms with Crippen LogP contribution in [0.2, 0.25) is 0 Å². The summed E-state index contributed by atoms with van der Waals surface area (Å²) in [6, 6.07) is 11.1. The summed E-state index contributed by atoms with van der Waals surface area (Å²) in [5, 5.41) is 8.82. The van der Waals surface area contributed by atoms with Crippen molar-refractivity contribution in [1.82, 2.24) is 10.2 Å². The van der Waals surface area contributed by atoms with Crippen LogP contribution < -0.4 is 4.90 Å². The van der Waals surface area contributed by atoms with Crippen LogP contribution in [0.25, 0.3) is 0 Å². The van der Waals surface area contributed by atoms with E-state index >= 15 is 0 Å². The van der Waals surface area contributed by atoms with Crippen LogP contribution in [0.1, 0.15) is 27.0 Å². The van der Waals surface area contributed by atoms with E-state index in [0.29, 0.717) is 10.6 Å². The number of Topliss-reactive ketones (excluding diaryl/α,β-unsaturated/α-hetero) is 2. The van der Waals surface area contributed by atoms with Gasteiger partial charge in [-0.1, -0.05) is 39.4 Å². The van der Waals surface area contributed by atoms with Gasteiger partial charge >= 0.3 is 0 Å². The van der Waals surface area contributed by atoms with E-state index in [9.17, 15) is 18.8 Å². The predicted molar refractivity (Wildman–Crippen MR) is 108 cm³/mol. The number of hydrogen-bond acceptors (Lipinski definition) is 6. The lowest BCUT2D eigenvalue weighted by Crippen LogP contribution is -2.30. The molecule has 1 aliphatic heterocycles. The van der Waals surface area contributed by atoms with Crippen molar-refractivity contribution >= 4 is 49.9 Å². The van der Waals surface area contributed by atoms with Crippen molar-refractivity contribution in [2.24, 2.45) is 5.92 Å². The molecule has 4 rings (SSSR count). The minimum atomic E-state index is -1.27. The highest BCUT2D eigenvalue weighted by atomic mass is 79.9. The second kappa shape index (κ2) is 7.57. The number of nitrogens with zero attached hydrogens (tertiary/aromatic N) is 3. The van der Waals surface area contributed by atoms with E-state index in [2.05, 4.69) is 26.1 Å². The highest BCUT2D eigenvalue weighted by Gasteiger charge is 2.53. The van der Waals surface area contributed by atoms with E-state index in [0.717, 1.165) is 27.9 Å². The van der Waals surface area contributed by atoms with Gasteiger partial charge in [0.1, 0.15) is 16.7 Å². The molecule has 0 spiro atoms. The molecule has 2 heterocycles. The van der Waals surface area contributed by atoms with Gasteiger partial charge in [0.15, 0.2) is 5.78 Å². The molecule has 0 N–H and O–H groups in total. The Balaban J connectivity index is 1.84. The Bertz CT molecular complexity index is 1110. The molecular formula is C20H13BrFN3O3S. The van der Waals surface area contributed by atoms with Gasteiger partial charge in [0.25, 0.3) is 5.91 Å². The molecular weight excluding hydrogens is 461 g/mol. The zero-order valence-electron chi connectivity index (χ0n) is 15.0. The van der Waals surface area contributed by atoms with Gasteiger partial charge in [0.2, 0.25) is 10.9 Å². The maximum absolute atomic E-state index is 13.3. The summed E-state index contributed by atoms with van der Waals surface area (Å²) in [7, 11) is 0. The van der Waals surface area contributed by atoms with E-state index in [1.165, 1.54) is 17.0 Å². The predicted octanol–water partition coefficient (Wildman–Crippen LogP) is 3.90. The first kappa shape index (κ1) is 19.5. The molecule has 29 heavy (non-hydrogen) atoms. The van der Waals surface area contributed by atoms with Gasteiger partial charge in [0.05, 0.1) is 6.04 Å². The molecule has 3 aromatic rings. The quantitative estimate of drug-likeness (QED) is 0.326. The fraction of sp³-hybridized carbons (Fsp3) is 0.150. The molecule has 0 bridgehead atoms. The normalized spacial score (nSPS) is 19.1. The summed E-state index contributed by atoms with van der Waals surface area (Å²) in [4.78, 5) is 40.2. The number of amides is 1. The molecule has 6 nitrogen and oxygen atoms in total. The summed E-state index contributed by atoms with van der Waals surface area (Å²) in [6.07, 6.45) is 0. The van der Waals surface area contributed by atoms with E-state index in [-0.39, 0.29) is 10.7 Å². The number of hydrogen-bond donors (Lipinski definition) is 0. The van der Waals surface area contributed by atoms with E-state index in [1.54, 1.807) is 31.2 Å². The third-order valence-electron chi connectivity index (χ3n) is 4.65. The topological polar surface area (TPSA) is 80.2 Å². The van der Waals surface area contributed by atoms with Crippen molar-refractivity contribution in [3.05, 3.63) is 75.0 Å². The van der Waals surface area contributed by atoms with Crippen LogP contribution in [-0.2, 0) is 9.59 Å². The molecule has 1 fully saturated rings. The standard InChI is InChI=1S/C20H13BrFN3O3S/c1-10-23-24-20(29-10)25-16(11-2-6-13(21)7-3-11)15(18(27)19(25)28)17(26)12-4-8-14(22)9-5-12/h2-9,15-16H,1H3. The Hall–Kier alpha value is -2.78. The zero-order chi connectivity index (χ0) is 20.7. The Morgan fingerprint density at radius 3 is 2.31 bits per heavy atom. The van der Waals surface area contributed by atoms with Gasteiger partial charge in [-0.2, -0.15) is 0 Å². The van der Waals surface area contributed by atoms with Gasteiger partial charge in [-0.25, -0.2) is 4.39 Å². The lowest BCUT2D eigenvalue weighted by atomic mass is 9.86. The van der Waals surface area contributed by atoms with Crippen molar-refractivity contribution in [3.63, 3.8) is 0 Å². The number of rotatable bonds is 4. The Morgan fingerprint density at radius 2 is 1.72 bits per heavy atom. The molecule has 1 amide bonds. The summed E-state index contributed by atoms with van der Waals surface area (Å²) in [5.41, 5.74) is 0.774. The molecule has 0 saturated carbocycles. The monoisotopic (exact) mass is 473 g/mol. The SMILES string of the molecule is Cc1nnc(N2C(=O)C(=O)C(C(=O)c3ccc(F)cc3)C2c2ccc(Br)cc2)s1. The minimum absolute atomic E-state index is 0.162. The Morgan fingerprint density at radius 1 is 1.07 bits per heavy atom. The lowest BCUT2D eigenvalue weighted by Gasteiger charge is -2.24. The molecule has 2 aromatic carbocycles. The third-order valence-corrected chi connectivity index (χ3v) is 6.02. The third kappa shape index (κ3) is 3.51. The number of aryl methyl sites for hydroxylation is 1. The maximum Gasteiger partial charge on any atom is 0.297 e.